The van der Waals surface area contributed by atoms with E-state index in [0.29, 0.717) is 23.3 Å². The molecule has 0 radical (unpaired) electrons. The first-order valence-electron chi connectivity index (χ1n) is 8.24. The number of piperidine rings is 1. The Morgan fingerprint density at radius 3 is 2.48 bits per heavy atom. The normalized spacial score (nSPS) is 23.4. The molecule has 1 atom stereocenters. The van der Waals surface area contributed by atoms with Crippen LogP contribution < -0.4 is 0 Å². The van der Waals surface area contributed by atoms with Gasteiger partial charge in [0.1, 0.15) is 0 Å². The monoisotopic (exact) mass is 336 g/mol. The van der Waals surface area contributed by atoms with Crippen LogP contribution in [0.1, 0.15) is 31.2 Å². The van der Waals surface area contributed by atoms with Crippen molar-refractivity contribution in [3.8, 4) is 0 Å². The van der Waals surface area contributed by atoms with Crippen molar-refractivity contribution >= 4 is 15.7 Å². The number of amides is 1. The minimum absolute atomic E-state index is 0.300. The summed E-state index contributed by atoms with van der Waals surface area (Å²) in [5, 5.41) is 0. The summed E-state index contributed by atoms with van der Waals surface area (Å²) in [5.41, 5.74) is 1.12. The van der Waals surface area contributed by atoms with Gasteiger partial charge in [0.15, 0.2) is 9.84 Å². The van der Waals surface area contributed by atoms with Crippen LogP contribution in [0, 0.1) is 0 Å². The molecule has 0 N–H and O–H groups in total. The second-order valence-electron chi connectivity index (χ2n) is 6.64. The molecule has 1 aromatic carbocycles. The fourth-order valence-corrected chi connectivity index (χ4v) is 4.22. The standard InChI is InChI=1S/C17H24N2O3S/c1-23(21,22)16-8-6-14(7-9-16)12-18-10-2-4-15(13-18)19-11-3-5-17(19)20/h6-9,15H,2-5,10-13H2,1H3. The molecule has 0 bridgehead atoms. The summed E-state index contributed by atoms with van der Waals surface area (Å²) in [6, 6.07) is 7.47. The number of likely N-dealkylation sites (tertiary alicyclic amines) is 2. The van der Waals surface area contributed by atoms with Crippen LogP contribution in [0.25, 0.3) is 0 Å². The van der Waals surface area contributed by atoms with Crippen molar-refractivity contribution in [2.24, 2.45) is 0 Å². The van der Waals surface area contributed by atoms with E-state index in [1.54, 1.807) is 12.1 Å². The average molecular weight is 336 g/mol. The number of benzene rings is 1. The van der Waals surface area contributed by atoms with Gasteiger partial charge in [0.2, 0.25) is 5.91 Å². The van der Waals surface area contributed by atoms with E-state index in [-0.39, 0.29) is 0 Å². The van der Waals surface area contributed by atoms with Crippen molar-refractivity contribution in [3.05, 3.63) is 29.8 Å². The lowest BCUT2D eigenvalue weighted by Crippen LogP contribution is -2.48. The number of carbonyl (C=O) groups excluding carboxylic acids is 1. The van der Waals surface area contributed by atoms with Crippen molar-refractivity contribution in [2.75, 3.05) is 25.9 Å². The first-order chi connectivity index (χ1) is 10.9. The van der Waals surface area contributed by atoms with E-state index in [4.69, 9.17) is 0 Å². The topological polar surface area (TPSA) is 57.7 Å². The van der Waals surface area contributed by atoms with Crippen LogP contribution in [0.2, 0.25) is 0 Å². The smallest absolute Gasteiger partial charge is 0.222 e. The van der Waals surface area contributed by atoms with E-state index in [1.807, 2.05) is 12.1 Å². The molecule has 2 fully saturated rings. The molecule has 126 valence electrons. The van der Waals surface area contributed by atoms with E-state index < -0.39 is 9.84 Å². The Hall–Kier alpha value is -1.40. The zero-order valence-corrected chi connectivity index (χ0v) is 14.4. The Kier molecular flexibility index (Phi) is 4.73. The molecule has 2 aliphatic rings. The van der Waals surface area contributed by atoms with Crippen LogP contribution in [-0.4, -0.2) is 56.1 Å². The first kappa shape index (κ1) is 16.5. The van der Waals surface area contributed by atoms with Gasteiger partial charge in [0.25, 0.3) is 0 Å². The summed E-state index contributed by atoms with van der Waals surface area (Å²) < 4.78 is 23.0. The second-order valence-corrected chi connectivity index (χ2v) is 8.65. The predicted molar refractivity (Wildman–Crippen MR) is 88.8 cm³/mol. The van der Waals surface area contributed by atoms with Crippen molar-refractivity contribution in [2.45, 2.75) is 43.2 Å². The van der Waals surface area contributed by atoms with Gasteiger partial charge in [-0.25, -0.2) is 8.42 Å². The van der Waals surface area contributed by atoms with Gasteiger partial charge in [-0.15, -0.1) is 0 Å². The fraction of sp³-hybridized carbons (Fsp3) is 0.588. The van der Waals surface area contributed by atoms with Gasteiger partial charge in [-0.3, -0.25) is 9.69 Å². The Balaban J connectivity index is 1.62. The number of hydrogen-bond donors (Lipinski definition) is 0. The molecular formula is C17H24N2O3S. The molecule has 1 aromatic rings. The summed E-state index contributed by atoms with van der Waals surface area (Å²) >= 11 is 0. The van der Waals surface area contributed by atoms with Crippen LogP contribution in [0.4, 0.5) is 0 Å². The number of rotatable bonds is 4. The molecule has 0 aliphatic carbocycles. The van der Waals surface area contributed by atoms with Gasteiger partial charge in [-0.05, 0) is 43.5 Å². The van der Waals surface area contributed by atoms with Crippen LogP contribution in [-0.2, 0) is 21.2 Å². The quantitative estimate of drug-likeness (QED) is 0.839. The lowest BCUT2D eigenvalue weighted by molar-refractivity contribution is -0.130. The van der Waals surface area contributed by atoms with Crippen LogP contribution in [0.3, 0.4) is 0 Å². The minimum Gasteiger partial charge on any atom is -0.338 e. The maximum atomic E-state index is 11.9. The Morgan fingerprint density at radius 2 is 1.87 bits per heavy atom. The molecule has 0 saturated carbocycles. The molecule has 3 rings (SSSR count). The van der Waals surface area contributed by atoms with Gasteiger partial charge in [-0.2, -0.15) is 0 Å². The van der Waals surface area contributed by atoms with E-state index in [9.17, 15) is 13.2 Å². The van der Waals surface area contributed by atoms with Gasteiger partial charge in [0.05, 0.1) is 4.90 Å². The highest BCUT2D eigenvalue weighted by atomic mass is 32.2. The number of nitrogens with zero attached hydrogens (tertiary/aromatic N) is 2. The van der Waals surface area contributed by atoms with E-state index >= 15 is 0 Å². The molecule has 5 nitrogen and oxygen atoms in total. The van der Waals surface area contributed by atoms with Crippen LogP contribution in [0.5, 0.6) is 0 Å². The van der Waals surface area contributed by atoms with Gasteiger partial charge in [0, 0.05) is 38.4 Å². The molecule has 23 heavy (non-hydrogen) atoms. The third-order valence-corrected chi connectivity index (χ3v) is 5.92. The molecule has 2 aliphatic heterocycles. The molecule has 0 aromatic heterocycles. The summed E-state index contributed by atoms with van der Waals surface area (Å²) in [7, 11) is -3.14. The molecule has 6 heteroatoms. The summed E-state index contributed by atoms with van der Waals surface area (Å²) in [6.45, 7) is 3.66. The summed E-state index contributed by atoms with van der Waals surface area (Å²) in [4.78, 5) is 16.7. The lowest BCUT2D eigenvalue weighted by Gasteiger charge is -2.37. The molecule has 2 heterocycles. The van der Waals surface area contributed by atoms with Crippen molar-refractivity contribution < 1.29 is 13.2 Å². The summed E-state index contributed by atoms with van der Waals surface area (Å²) in [6.07, 6.45) is 5.11. The average Bonchev–Trinajstić information content (AvgIpc) is 2.93. The van der Waals surface area contributed by atoms with Gasteiger partial charge >= 0.3 is 0 Å². The van der Waals surface area contributed by atoms with Crippen molar-refractivity contribution in [3.63, 3.8) is 0 Å². The molecule has 1 unspecified atom stereocenters. The van der Waals surface area contributed by atoms with Gasteiger partial charge in [-0.1, -0.05) is 12.1 Å². The molecule has 2 saturated heterocycles. The van der Waals surface area contributed by atoms with Gasteiger partial charge < -0.3 is 4.90 Å². The van der Waals surface area contributed by atoms with Crippen molar-refractivity contribution in [1.29, 1.82) is 0 Å². The van der Waals surface area contributed by atoms with Crippen LogP contribution in [0.15, 0.2) is 29.2 Å². The molecule has 1 amide bonds. The molecular weight excluding hydrogens is 312 g/mol. The Morgan fingerprint density at radius 1 is 1.13 bits per heavy atom. The first-order valence-corrected chi connectivity index (χ1v) is 10.1. The zero-order valence-electron chi connectivity index (χ0n) is 13.6. The SMILES string of the molecule is CS(=O)(=O)c1ccc(CN2CCCC(N3CCCC3=O)C2)cc1. The summed E-state index contributed by atoms with van der Waals surface area (Å²) in [5.74, 6) is 0.300. The maximum Gasteiger partial charge on any atom is 0.222 e. The lowest BCUT2D eigenvalue weighted by atomic mass is 10.0. The fourth-order valence-electron chi connectivity index (χ4n) is 3.58. The number of hydrogen-bond acceptors (Lipinski definition) is 4. The molecule has 0 spiro atoms. The van der Waals surface area contributed by atoms with E-state index in [2.05, 4.69) is 9.80 Å². The Labute approximate surface area is 138 Å². The second kappa shape index (κ2) is 6.61. The third-order valence-electron chi connectivity index (χ3n) is 4.79. The third kappa shape index (κ3) is 3.93. The van der Waals surface area contributed by atoms with E-state index in [1.165, 1.54) is 6.26 Å². The highest BCUT2D eigenvalue weighted by molar-refractivity contribution is 7.90. The predicted octanol–water partition coefficient (Wildman–Crippen LogP) is 1.68. The van der Waals surface area contributed by atoms with Crippen molar-refractivity contribution in [1.82, 2.24) is 9.80 Å². The van der Waals surface area contributed by atoms with E-state index in [0.717, 1.165) is 51.0 Å². The van der Waals surface area contributed by atoms with Crippen LogP contribution >= 0.6 is 0 Å². The zero-order chi connectivity index (χ0) is 16.4. The highest BCUT2D eigenvalue weighted by Gasteiger charge is 2.31. The number of carbonyl (C=O) groups is 1. The highest BCUT2D eigenvalue weighted by Crippen LogP contribution is 2.22. The maximum absolute atomic E-state index is 11.9. The largest absolute Gasteiger partial charge is 0.338 e. The number of sulfone groups is 1. The minimum atomic E-state index is -3.14. The Bertz CT molecular complexity index is 670.